The average Bonchev–Trinajstić information content (AvgIpc) is 3.24. The van der Waals surface area contributed by atoms with Crippen LogP contribution in [0.25, 0.3) is 11.1 Å². The highest BCUT2D eigenvalue weighted by Crippen LogP contribution is 2.37. The maximum Gasteiger partial charge on any atom is 0.348 e. The van der Waals surface area contributed by atoms with E-state index >= 15 is 0 Å². The van der Waals surface area contributed by atoms with E-state index in [0.29, 0.717) is 11.3 Å². The summed E-state index contributed by atoms with van der Waals surface area (Å²) in [7, 11) is 2.69. The smallest absolute Gasteiger partial charge is 0.348 e. The van der Waals surface area contributed by atoms with Gasteiger partial charge in [-0.3, -0.25) is 0 Å². The molecule has 25 heavy (non-hydrogen) atoms. The predicted octanol–water partition coefficient (Wildman–Crippen LogP) is 2.70. The Morgan fingerprint density at radius 3 is 2.40 bits per heavy atom. The maximum absolute atomic E-state index is 12.2. The number of hydrogen-bond donors (Lipinski definition) is 1. The minimum atomic E-state index is -0.805. The number of aliphatic hydroxyl groups excluding tert-OH is 1. The van der Waals surface area contributed by atoms with E-state index < -0.39 is 17.7 Å². The second-order valence-electron chi connectivity index (χ2n) is 5.01. The van der Waals surface area contributed by atoms with Crippen molar-refractivity contribution in [3.63, 3.8) is 0 Å². The van der Waals surface area contributed by atoms with E-state index in [0.717, 1.165) is 0 Å². The Hall–Kier alpha value is -3.48. The number of carbonyl (C=O) groups excluding carboxylic acids is 2. The summed E-state index contributed by atoms with van der Waals surface area (Å²) in [5.74, 6) is -1.66. The molecule has 0 aliphatic carbocycles. The Bertz CT molecular complexity index is 871. The number of methoxy groups -OCH3 is 2. The molecule has 0 bridgehead atoms. The first-order chi connectivity index (χ1) is 12.1. The van der Waals surface area contributed by atoms with Crippen LogP contribution in [0.15, 0.2) is 58.6 Å². The molecular formula is C18H14O7. The van der Waals surface area contributed by atoms with Gasteiger partial charge in [0.25, 0.3) is 0 Å². The van der Waals surface area contributed by atoms with Gasteiger partial charge in [-0.2, -0.15) is 0 Å². The summed E-state index contributed by atoms with van der Waals surface area (Å²) < 4.78 is 20.1. The van der Waals surface area contributed by atoms with Crippen molar-refractivity contribution in [1.82, 2.24) is 0 Å². The second kappa shape index (κ2) is 6.56. The molecule has 7 nitrogen and oxygen atoms in total. The van der Waals surface area contributed by atoms with Crippen molar-refractivity contribution in [2.45, 2.75) is 0 Å². The summed E-state index contributed by atoms with van der Waals surface area (Å²) >= 11 is 0. The Labute approximate surface area is 142 Å². The van der Waals surface area contributed by atoms with Gasteiger partial charge in [-0.15, -0.1) is 0 Å². The molecule has 0 spiro atoms. The van der Waals surface area contributed by atoms with Crippen LogP contribution in [0.2, 0.25) is 0 Å². The van der Waals surface area contributed by atoms with Gasteiger partial charge >= 0.3 is 11.9 Å². The molecule has 7 heteroatoms. The third-order valence-electron chi connectivity index (χ3n) is 3.61. The molecule has 0 saturated heterocycles. The van der Waals surface area contributed by atoms with Crippen LogP contribution in [0.4, 0.5) is 0 Å². The molecule has 1 aliphatic heterocycles. The highest BCUT2D eigenvalue weighted by molar-refractivity contribution is 6.25. The molecule has 128 valence electrons. The normalized spacial score (nSPS) is 15.8. The van der Waals surface area contributed by atoms with E-state index in [2.05, 4.69) is 0 Å². The number of esters is 2. The Balaban J connectivity index is 2.15. The molecule has 2 aromatic rings. The van der Waals surface area contributed by atoms with Gasteiger partial charge in [0.2, 0.25) is 0 Å². The number of hydrogen-bond acceptors (Lipinski definition) is 7. The van der Waals surface area contributed by atoms with Crippen LogP contribution in [-0.4, -0.2) is 31.3 Å². The summed E-state index contributed by atoms with van der Waals surface area (Å²) in [6.07, 6.45) is 1.35. The third-order valence-corrected chi connectivity index (χ3v) is 3.61. The number of rotatable bonds is 4. The van der Waals surface area contributed by atoms with Gasteiger partial charge in [-0.25, -0.2) is 9.59 Å². The van der Waals surface area contributed by atoms with Crippen LogP contribution in [0.3, 0.4) is 0 Å². The fourth-order valence-corrected chi connectivity index (χ4v) is 2.41. The molecular weight excluding hydrogens is 328 g/mol. The van der Waals surface area contributed by atoms with Crippen LogP contribution in [-0.2, 0) is 19.1 Å². The fourth-order valence-electron chi connectivity index (χ4n) is 2.41. The zero-order chi connectivity index (χ0) is 18.0. The molecule has 0 saturated carbocycles. The average molecular weight is 342 g/mol. The summed E-state index contributed by atoms with van der Waals surface area (Å²) in [6, 6.07) is 9.52. The standard InChI is InChI=1S/C18H14O7/c1-22-11-7-5-10(6-8-11)13-15(19)16(25-18(13)21)14(17(20)23-2)12-4-3-9-24-12/h3-9,19H,1-2H3/b16-14+. The lowest BCUT2D eigenvalue weighted by Crippen LogP contribution is -2.08. The molecule has 2 heterocycles. The number of ether oxygens (including phenoxy) is 3. The van der Waals surface area contributed by atoms with Gasteiger partial charge in [0, 0.05) is 0 Å². The van der Waals surface area contributed by atoms with Gasteiger partial charge in [0.1, 0.15) is 22.7 Å². The summed E-state index contributed by atoms with van der Waals surface area (Å²) in [6.45, 7) is 0. The zero-order valence-electron chi connectivity index (χ0n) is 13.4. The van der Waals surface area contributed by atoms with Crippen molar-refractivity contribution in [3.05, 3.63) is 65.5 Å². The topological polar surface area (TPSA) is 95.2 Å². The van der Waals surface area contributed by atoms with E-state index in [9.17, 15) is 14.7 Å². The van der Waals surface area contributed by atoms with Crippen LogP contribution in [0, 0.1) is 0 Å². The summed E-state index contributed by atoms with van der Waals surface area (Å²) in [4.78, 5) is 24.3. The monoisotopic (exact) mass is 342 g/mol. The number of furan rings is 1. The Kier molecular flexibility index (Phi) is 4.30. The van der Waals surface area contributed by atoms with E-state index in [-0.39, 0.29) is 22.7 Å². The largest absolute Gasteiger partial charge is 0.504 e. The molecule has 0 radical (unpaired) electrons. The molecule has 0 fully saturated rings. The fraction of sp³-hybridized carbons (Fsp3) is 0.111. The minimum absolute atomic E-state index is 0.0642. The number of aliphatic hydroxyl groups is 1. The van der Waals surface area contributed by atoms with Gasteiger partial charge < -0.3 is 23.7 Å². The van der Waals surface area contributed by atoms with E-state index in [1.165, 1.54) is 26.5 Å². The lowest BCUT2D eigenvalue weighted by molar-refractivity contribution is -0.134. The number of benzene rings is 1. The predicted molar refractivity (Wildman–Crippen MR) is 86.3 cm³/mol. The number of carbonyl (C=O) groups is 2. The second-order valence-corrected chi connectivity index (χ2v) is 5.01. The van der Waals surface area contributed by atoms with Crippen molar-refractivity contribution in [1.29, 1.82) is 0 Å². The Morgan fingerprint density at radius 1 is 1.12 bits per heavy atom. The molecule has 1 aromatic heterocycles. The lowest BCUT2D eigenvalue weighted by Gasteiger charge is -2.06. The first-order valence-electron chi connectivity index (χ1n) is 7.23. The molecule has 0 unspecified atom stereocenters. The lowest BCUT2D eigenvalue weighted by atomic mass is 10.0. The quantitative estimate of drug-likeness (QED) is 0.674. The van der Waals surface area contributed by atoms with Gasteiger partial charge in [0.05, 0.1) is 20.5 Å². The summed E-state index contributed by atoms with van der Waals surface area (Å²) in [5, 5.41) is 10.5. The number of cyclic esters (lactones) is 1. The zero-order valence-corrected chi connectivity index (χ0v) is 13.4. The first-order valence-corrected chi connectivity index (χ1v) is 7.23. The van der Waals surface area contributed by atoms with Gasteiger partial charge in [-0.05, 0) is 29.8 Å². The van der Waals surface area contributed by atoms with Crippen molar-refractivity contribution in [3.8, 4) is 5.75 Å². The van der Waals surface area contributed by atoms with E-state index in [1.54, 1.807) is 30.3 Å². The third kappa shape index (κ3) is 2.87. The van der Waals surface area contributed by atoms with Crippen molar-refractivity contribution in [2.24, 2.45) is 0 Å². The van der Waals surface area contributed by atoms with Crippen molar-refractivity contribution >= 4 is 23.1 Å². The van der Waals surface area contributed by atoms with E-state index in [4.69, 9.17) is 18.6 Å². The minimum Gasteiger partial charge on any atom is -0.504 e. The molecule has 1 aromatic carbocycles. The molecule has 0 amide bonds. The highest BCUT2D eigenvalue weighted by atomic mass is 16.6. The van der Waals surface area contributed by atoms with Gasteiger partial charge in [-0.1, -0.05) is 12.1 Å². The highest BCUT2D eigenvalue weighted by Gasteiger charge is 2.37. The van der Waals surface area contributed by atoms with Crippen molar-refractivity contribution < 1.29 is 33.3 Å². The van der Waals surface area contributed by atoms with Crippen molar-refractivity contribution in [2.75, 3.05) is 14.2 Å². The van der Waals surface area contributed by atoms with Gasteiger partial charge in [0.15, 0.2) is 11.5 Å². The first kappa shape index (κ1) is 16.4. The Morgan fingerprint density at radius 2 is 1.84 bits per heavy atom. The molecule has 1 N–H and O–H groups in total. The van der Waals surface area contributed by atoms with Crippen LogP contribution >= 0.6 is 0 Å². The SMILES string of the molecule is COC(=O)/C(=C1/OC(=O)C(c2ccc(OC)cc2)=C1O)c1ccco1. The van der Waals surface area contributed by atoms with E-state index in [1.807, 2.05) is 0 Å². The summed E-state index contributed by atoms with van der Waals surface area (Å²) in [5.41, 5.74) is 0.175. The van der Waals surface area contributed by atoms with Crippen LogP contribution < -0.4 is 4.74 Å². The molecule has 3 rings (SSSR count). The molecule has 0 atom stereocenters. The maximum atomic E-state index is 12.2. The van der Waals surface area contributed by atoms with Crippen LogP contribution in [0.5, 0.6) is 5.75 Å². The molecule has 1 aliphatic rings. The van der Waals surface area contributed by atoms with Crippen LogP contribution in [0.1, 0.15) is 11.3 Å².